The molecule has 5 nitrogen and oxygen atoms in total. The Morgan fingerprint density at radius 3 is 3.06 bits per heavy atom. The molecule has 1 N–H and O–H groups in total. The highest BCUT2D eigenvalue weighted by Crippen LogP contribution is 2.24. The quantitative estimate of drug-likeness (QED) is 0.829. The average Bonchev–Trinajstić information content (AvgIpc) is 2.81. The highest BCUT2D eigenvalue weighted by molar-refractivity contribution is 7.91. The lowest BCUT2D eigenvalue weighted by Crippen LogP contribution is -2.19. The first kappa shape index (κ1) is 11.6. The third-order valence-electron chi connectivity index (χ3n) is 2.88. The zero-order valence-electron chi connectivity index (χ0n) is 9.39. The van der Waals surface area contributed by atoms with Crippen molar-refractivity contribution in [2.75, 3.05) is 18.1 Å². The van der Waals surface area contributed by atoms with Crippen LogP contribution in [0.25, 0.3) is 0 Å². The van der Waals surface area contributed by atoms with Crippen LogP contribution in [0.3, 0.4) is 0 Å². The smallest absolute Gasteiger partial charge is 0.152 e. The number of imidazole rings is 1. The van der Waals surface area contributed by atoms with Crippen molar-refractivity contribution in [2.45, 2.75) is 25.9 Å². The van der Waals surface area contributed by atoms with Crippen LogP contribution >= 0.6 is 0 Å². The van der Waals surface area contributed by atoms with E-state index in [4.69, 9.17) is 0 Å². The van der Waals surface area contributed by atoms with E-state index in [-0.39, 0.29) is 11.8 Å². The fraction of sp³-hybridized carbons (Fsp3) is 0.700. The summed E-state index contributed by atoms with van der Waals surface area (Å²) in [6.07, 6.45) is 4.31. The van der Waals surface area contributed by atoms with Crippen molar-refractivity contribution in [3.05, 3.63) is 18.2 Å². The number of rotatable bonds is 4. The second-order valence-corrected chi connectivity index (χ2v) is 6.32. The molecule has 1 atom stereocenters. The molecule has 16 heavy (non-hydrogen) atoms. The van der Waals surface area contributed by atoms with Crippen molar-refractivity contribution >= 4 is 9.84 Å². The SMILES string of the molecule is CCNCc1nccn1C1CCS(=O)(=O)C1. The molecule has 1 aliphatic heterocycles. The predicted octanol–water partition coefficient (Wildman–Crippen LogP) is 0.352. The molecule has 0 spiro atoms. The number of aromatic nitrogens is 2. The van der Waals surface area contributed by atoms with Gasteiger partial charge in [0.25, 0.3) is 0 Å². The third-order valence-corrected chi connectivity index (χ3v) is 4.63. The molecule has 0 aromatic carbocycles. The largest absolute Gasteiger partial charge is 0.330 e. The van der Waals surface area contributed by atoms with Gasteiger partial charge in [-0.15, -0.1) is 0 Å². The molecule has 1 aromatic heterocycles. The van der Waals surface area contributed by atoms with Crippen LogP contribution in [0.5, 0.6) is 0 Å². The Kier molecular flexibility index (Phi) is 3.30. The van der Waals surface area contributed by atoms with Crippen LogP contribution < -0.4 is 5.32 Å². The maximum absolute atomic E-state index is 11.4. The van der Waals surface area contributed by atoms with E-state index in [1.165, 1.54) is 0 Å². The van der Waals surface area contributed by atoms with Crippen molar-refractivity contribution in [2.24, 2.45) is 0 Å². The standard InChI is InChI=1S/C10H17N3O2S/c1-2-11-7-10-12-4-5-13(10)9-3-6-16(14,15)8-9/h4-5,9,11H,2-3,6-8H2,1H3. The fourth-order valence-corrected chi connectivity index (χ4v) is 3.76. The van der Waals surface area contributed by atoms with Gasteiger partial charge < -0.3 is 9.88 Å². The van der Waals surface area contributed by atoms with Crippen LogP contribution in [0.4, 0.5) is 0 Å². The van der Waals surface area contributed by atoms with Crippen molar-refractivity contribution in [3.63, 3.8) is 0 Å². The first-order chi connectivity index (χ1) is 7.62. The summed E-state index contributed by atoms with van der Waals surface area (Å²) in [4.78, 5) is 4.25. The van der Waals surface area contributed by atoms with Gasteiger partial charge >= 0.3 is 0 Å². The van der Waals surface area contributed by atoms with Gasteiger partial charge in [0, 0.05) is 18.4 Å². The molecule has 0 aliphatic carbocycles. The number of nitrogens with one attached hydrogen (secondary N) is 1. The fourth-order valence-electron chi connectivity index (χ4n) is 2.04. The molecule has 1 saturated heterocycles. The summed E-state index contributed by atoms with van der Waals surface area (Å²) in [6.45, 7) is 3.61. The molecule has 0 amide bonds. The summed E-state index contributed by atoms with van der Waals surface area (Å²) >= 11 is 0. The highest BCUT2D eigenvalue weighted by Gasteiger charge is 2.29. The number of sulfone groups is 1. The molecule has 1 fully saturated rings. The van der Waals surface area contributed by atoms with E-state index in [0.29, 0.717) is 18.7 Å². The van der Waals surface area contributed by atoms with Gasteiger partial charge in [0.2, 0.25) is 0 Å². The Labute approximate surface area is 95.8 Å². The van der Waals surface area contributed by atoms with E-state index in [0.717, 1.165) is 12.4 Å². The van der Waals surface area contributed by atoms with E-state index >= 15 is 0 Å². The van der Waals surface area contributed by atoms with Crippen molar-refractivity contribution in [3.8, 4) is 0 Å². The van der Waals surface area contributed by atoms with Crippen LogP contribution in [-0.2, 0) is 16.4 Å². The molecule has 6 heteroatoms. The molecule has 2 heterocycles. The molecule has 0 saturated carbocycles. The molecule has 1 unspecified atom stereocenters. The molecule has 1 aromatic rings. The van der Waals surface area contributed by atoms with Crippen LogP contribution in [0.2, 0.25) is 0 Å². The summed E-state index contributed by atoms with van der Waals surface area (Å²) in [5, 5.41) is 3.20. The van der Waals surface area contributed by atoms with Gasteiger partial charge in [0.15, 0.2) is 9.84 Å². The lowest BCUT2D eigenvalue weighted by Gasteiger charge is -2.13. The number of hydrogen-bond acceptors (Lipinski definition) is 4. The second kappa shape index (κ2) is 4.55. The monoisotopic (exact) mass is 243 g/mol. The van der Waals surface area contributed by atoms with Crippen LogP contribution in [-0.4, -0.2) is 36.0 Å². The average molecular weight is 243 g/mol. The summed E-state index contributed by atoms with van der Waals surface area (Å²) in [5.41, 5.74) is 0. The Hall–Kier alpha value is -0.880. The minimum absolute atomic E-state index is 0.0705. The molecule has 2 rings (SSSR count). The van der Waals surface area contributed by atoms with Gasteiger partial charge in [-0.25, -0.2) is 13.4 Å². The summed E-state index contributed by atoms with van der Waals surface area (Å²) < 4.78 is 24.8. The van der Waals surface area contributed by atoms with Crippen molar-refractivity contribution in [1.82, 2.24) is 14.9 Å². The van der Waals surface area contributed by atoms with Gasteiger partial charge in [-0.05, 0) is 13.0 Å². The van der Waals surface area contributed by atoms with E-state index in [2.05, 4.69) is 10.3 Å². The first-order valence-electron chi connectivity index (χ1n) is 5.55. The van der Waals surface area contributed by atoms with E-state index in [1.54, 1.807) is 6.20 Å². The van der Waals surface area contributed by atoms with E-state index in [9.17, 15) is 8.42 Å². The van der Waals surface area contributed by atoms with Gasteiger partial charge in [0.1, 0.15) is 5.82 Å². The van der Waals surface area contributed by atoms with Crippen LogP contribution in [0.15, 0.2) is 12.4 Å². The molecular formula is C10H17N3O2S. The highest BCUT2D eigenvalue weighted by atomic mass is 32.2. The minimum atomic E-state index is -2.83. The Morgan fingerprint density at radius 2 is 2.44 bits per heavy atom. The topological polar surface area (TPSA) is 64.0 Å². The van der Waals surface area contributed by atoms with Gasteiger partial charge in [-0.1, -0.05) is 6.92 Å². The Bertz CT molecular complexity index is 452. The van der Waals surface area contributed by atoms with E-state index in [1.807, 2.05) is 17.7 Å². The molecule has 1 aliphatic rings. The molecule has 0 bridgehead atoms. The molecule has 90 valence electrons. The summed E-state index contributed by atoms with van der Waals surface area (Å²) in [5.74, 6) is 1.47. The number of nitrogens with zero attached hydrogens (tertiary/aromatic N) is 2. The van der Waals surface area contributed by atoms with E-state index < -0.39 is 9.84 Å². The zero-order valence-corrected chi connectivity index (χ0v) is 10.2. The maximum atomic E-state index is 11.4. The third kappa shape index (κ3) is 2.44. The van der Waals surface area contributed by atoms with Crippen LogP contribution in [0.1, 0.15) is 25.2 Å². The first-order valence-corrected chi connectivity index (χ1v) is 7.37. The number of hydrogen-bond donors (Lipinski definition) is 1. The van der Waals surface area contributed by atoms with Gasteiger partial charge in [-0.2, -0.15) is 0 Å². The van der Waals surface area contributed by atoms with Crippen molar-refractivity contribution in [1.29, 1.82) is 0 Å². The molecule has 0 radical (unpaired) electrons. The Balaban J connectivity index is 2.12. The minimum Gasteiger partial charge on any atom is -0.330 e. The van der Waals surface area contributed by atoms with Crippen molar-refractivity contribution < 1.29 is 8.42 Å². The van der Waals surface area contributed by atoms with Crippen LogP contribution in [0, 0.1) is 0 Å². The zero-order chi connectivity index (χ0) is 11.6. The Morgan fingerprint density at radius 1 is 1.62 bits per heavy atom. The lowest BCUT2D eigenvalue weighted by molar-refractivity contribution is 0.517. The summed E-state index contributed by atoms with van der Waals surface area (Å²) in [7, 11) is -2.83. The normalized spacial score (nSPS) is 23.7. The second-order valence-electron chi connectivity index (χ2n) is 4.09. The lowest BCUT2D eigenvalue weighted by atomic mass is 10.2. The summed E-state index contributed by atoms with van der Waals surface area (Å²) in [6, 6.07) is 0.0705. The molecular weight excluding hydrogens is 226 g/mol. The maximum Gasteiger partial charge on any atom is 0.152 e. The van der Waals surface area contributed by atoms with Gasteiger partial charge in [-0.3, -0.25) is 0 Å². The van der Waals surface area contributed by atoms with Gasteiger partial charge in [0.05, 0.1) is 18.1 Å². The predicted molar refractivity (Wildman–Crippen MR) is 61.9 cm³/mol.